The van der Waals surface area contributed by atoms with Crippen molar-refractivity contribution in [2.24, 2.45) is 0 Å². The van der Waals surface area contributed by atoms with Crippen LogP contribution in [0.15, 0.2) is 57.7 Å². The number of anilines is 1. The van der Waals surface area contributed by atoms with Crippen LogP contribution in [-0.2, 0) is 6.42 Å². The molecule has 1 aliphatic rings. The normalized spacial score (nSPS) is 13.4. The highest BCUT2D eigenvalue weighted by molar-refractivity contribution is 6.07. The van der Waals surface area contributed by atoms with Crippen LogP contribution in [0.4, 0.5) is 5.69 Å². The van der Waals surface area contributed by atoms with E-state index in [4.69, 9.17) is 9.15 Å². The van der Waals surface area contributed by atoms with E-state index in [2.05, 4.69) is 0 Å². The number of rotatable bonds is 4. The fourth-order valence-electron chi connectivity index (χ4n) is 3.44. The van der Waals surface area contributed by atoms with Crippen molar-refractivity contribution in [2.45, 2.75) is 26.2 Å². The van der Waals surface area contributed by atoms with E-state index in [1.165, 1.54) is 0 Å². The molecule has 0 unspecified atom stereocenters. The topological polar surface area (TPSA) is 59.8 Å². The number of fused-ring (bicyclic) bond motifs is 2. The molecule has 5 nitrogen and oxygen atoms in total. The fourth-order valence-corrected chi connectivity index (χ4v) is 3.44. The molecule has 0 bridgehead atoms. The van der Waals surface area contributed by atoms with E-state index in [1.807, 2.05) is 43.3 Å². The summed E-state index contributed by atoms with van der Waals surface area (Å²) < 4.78 is 11.0. The standard InChI is InChI=1S/C22H21NO4/c1-2-12-26-17-10-9-16-13-18(22(25)27-20(16)14-17)21(24)23-11-5-7-15-6-3-4-8-19(15)23/h3-4,6,8-10,13-14H,2,5,7,11-12H2,1H3. The Morgan fingerprint density at radius 1 is 1.19 bits per heavy atom. The molecule has 2 heterocycles. The Bertz CT molecular complexity index is 1050. The molecule has 1 aromatic heterocycles. The third kappa shape index (κ3) is 3.33. The molecule has 0 atom stereocenters. The summed E-state index contributed by atoms with van der Waals surface area (Å²) in [6.45, 7) is 3.22. The zero-order valence-electron chi connectivity index (χ0n) is 15.2. The second-order valence-electron chi connectivity index (χ2n) is 6.68. The Morgan fingerprint density at radius 3 is 2.89 bits per heavy atom. The number of aryl methyl sites for hydroxylation is 1. The lowest BCUT2D eigenvalue weighted by atomic mass is 10.0. The van der Waals surface area contributed by atoms with Gasteiger partial charge in [0.15, 0.2) is 0 Å². The summed E-state index contributed by atoms with van der Waals surface area (Å²) in [5.74, 6) is 0.334. The largest absolute Gasteiger partial charge is 0.493 e. The van der Waals surface area contributed by atoms with Crippen LogP contribution in [-0.4, -0.2) is 19.1 Å². The van der Waals surface area contributed by atoms with Crippen LogP contribution in [0.25, 0.3) is 11.0 Å². The fraction of sp³-hybridized carbons (Fsp3) is 0.273. The van der Waals surface area contributed by atoms with Crippen molar-refractivity contribution in [2.75, 3.05) is 18.1 Å². The van der Waals surface area contributed by atoms with Crippen LogP contribution >= 0.6 is 0 Å². The van der Waals surface area contributed by atoms with Crippen LogP contribution in [0, 0.1) is 0 Å². The average Bonchev–Trinajstić information content (AvgIpc) is 2.70. The lowest BCUT2D eigenvalue weighted by Gasteiger charge is -2.29. The third-order valence-electron chi connectivity index (χ3n) is 4.77. The summed E-state index contributed by atoms with van der Waals surface area (Å²) >= 11 is 0. The second-order valence-corrected chi connectivity index (χ2v) is 6.68. The molecule has 138 valence electrons. The smallest absolute Gasteiger partial charge is 0.349 e. The van der Waals surface area contributed by atoms with Gasteiger partial charge in [-0.05, 0) is 49.1 Å². The molecule has 3 aromatic rings. The number of ether oxygens (including phenoxy) is 1. The molecule has 0 spiro atoms. The van der Waals surface area contributed by atoms with E-state index in [0.717, 1.165) is 30.5 Å². The zero-order chi connectivity index (χ0) is 18.8. The van der Waals surface area contributed by atoms with Crippen molar-refractivity contribution in [3.8, 4) is 5.75 Å². The summed E-state index contributed by atoms with van der Waals surface area (Å²) in [6.07, 6.45) is 2.71. The van der Waals surface area contributed by atoms with Gasteiger partial charge in [0, 0.05) is 23.7 Å². The minimum Gasteiger partial charge on any atom is -0.493 e. The SMILES string of the molecule is CCCOc1ccc2cc(C(=O)N3CCCc4ccccc43)c(=O)oc2c1. The summed E-state index contributed by atoms with van der Waals surface area (Å²) in [5.41, 5.74) is 1.85. The molecule has 0 saturated carbocycles. The van der Waals surface area contributed by atoms with Gasteiger partial charge in [0.25, 0.3) is 5.91 Å². The molecule has 0 aliphatic carbocycles. The van der Waals surface area contributed by atoms with Crippen LogP contribution < -0.4 is 15.3 Å². The number of hydrogen-bond donors (Lipinski definition) is 0. The summed E-state index contributed by atoms with van der Waals surface area (Å²) in [4.78, 5) is 27.3. The number of hydrogen-bond acceptors (Lipinski definition) is 4. The molecule has 0 radical (unpaired) electrons. The number of para-hydroxylation sites is 1. The molecule has 1 aliphatic heterocycles. The molecule has 4 rings (SSSR count). The number of carbonyl (C=O) groups excluding carboxylic acids is 1. The summed E-state index contributed by atoms with van der Waals surface area (Å²) in [5, 5.41) is 0.701. The van der Waals surface area contributed by atoms with Crippen molar-refractivity contribution in [1.82, 2.24) is 0 Å². The maximum absolute atomic E-state index is 13.1. The predicted molar refractivity (Wildman–Crippen MR) is 105 cm³/mol. The van der Waals surface area contributed by atoms with Gasteiger partial charge in [-0.1, -0.05) is 25.1 Å². The molecule has 1 amide bonds. The van der Waals surface area contributed by atoms with Gasteiger partial charge in [0.1, 0.15) is 16.9 Å². The minimum atomic E-state index is -0.622. The molecule has 0 N–H and O–H groups in total. The van der Waals surface area contributed by atoms with E-state index < -0.39 is 5.63 Å². The van der Waals surface area contributed by atoms with Gasteiger partial charge in [-0.25, -0.2) is 4.79 Å². The van der Waals surface area contributed by atoms with E-state index in [1.54, 1.807) is 17.0 Å². The molecule has 5 heteroatoms. The molecular weight excluding hydrogens is 342 g/mol. The monoisotopic (exact) mass is 363 g/mol. The maximum Gasteiger partial charge on any atom is 0.349 e. The average molecular weight is 363 g/mol. The third-order valence-corrected chi connectivity index (χ3v) is 4.77. The number of carbonyl (C=O) groups is 1. The molecule has 27 heavy (non-hydrogen) atoms. The van der Waals surface area contributed by atoms with Gasteiger partial charge < -0.3 is 14.1 Å². The van der Waals surface area contributed by atoms with Gasteiger partial charge in [-0.2, -0.15) is 0 Å². The lowest BCUT2D eigenvalue weighted by Crippen LogP contribution is -2.37. The van der Waals surface area contributed by atoms with Crippen LogP contribution in [0.2, 0.25) is 0 Å². The van der Waals surface area contributed by atoms with Crippen molar-refractivity contribution < 1.29 is 13.9 Å². The van der Waals surface area contributed by atoms with Crippen molar-refractivity contribution in [3.05, 3.63) is 70.1 Å². The van der Waals surface area contributed by atoms with E-state index >= 15 is 0 Å². The van der Waals surface area contributed by atoms with Gasteiger partial charge >= 0.3 is 5.63 Å². The first-order valence-corrected chi connectivity index (χ1v) is 9.28. The van der Waals surface area contributed by atoms with Crippen LogP contribution in [0.5, 0.6) is 5.75 Å². The summed E-state index contributed by atoms with van der Waals surface area (Å²) in [7, 11) is 0. The Morgan fingerprint density at radius 2 is 2.04 bits per heavy atom. The Labute approximate surface area is 157 Å². The quantitative estimate of drug-likeness (QED) is 0.653. The number of benzene rings is 2. The highest BCUT2D eigenvalue weighted by Crippen LogP contribution is 2.28. The van der Waals surface area contributed by atoms with Gasteiger partial charge in [0.05, 0.1) is 6.61 Å². The molecule has 0 saturated heterocycles. The predicted octanol–water partition coefficient (Wildman–Crippen LogP) is 4.17. The number of nitrogens with zero attached hydrogens (tertiary/aromatic N) is 1. The van der Waals surface area contributed by atoms with Crippen molar-refractivity contribution >= 4 is 22.6 Å². The van der Waals surface area contributed by atoms with E-state index in [0.29, 0.717) is 29.9 Å². The zero-order valence-corrected chi connectivity index (χ0v) is 15.2. The first-order valence-electron chi connectivity index (χ1n) is 9.28. The Hall–Kier alpha value is -3.08. The van der Waals surface area contributed by atoms with Crippen molar-refractivity contribution in [1.29, 1.82) is 0 Å². The summed E-state index contributed by atoms with van der Waals surface area (Å²) in [6, 6.07) is 14.8. The van der Waals surface area contributed by atoms with E-state index in [-0.39, 0.29) is 11.5 Å². The van der Waals surface area contributed by atoms with Crippen molar-refractivity contribution in [3.63, 3.8) is 0 Å². The number of amides is 1. The van der Waals surface area contributed by atoms with E-state index in [9.17, 15) is 9.59 Å². The highest BCUT2D eigenvalue weighted by atomic mass is 16.5. The highest BCUT2D eigenvalue weighted by Gasteiger charge is 2.26. The first kappa shape index (κ1) is 17.3. The Balaban J connectivity index is 1.71. The van der Waals surface area contributed by atoms with Gasteiger partial charge in [-0.3, -0.25) is 4.79 Å². The second kappa shape index (κ2) is 7.27. The maximum atomic E-state index is 13.1. The van der Waals surface area contributed by atoms with Crippen LogP contribution in [0.1, 0.15) is 35.7 Å². The molecule has 0 fully saturated rings. The minimum absolute atomic E-state index is 0.0569. The molecular formula is C22H21NO4. The Kier molecular flexibility index (Phi) is 4.67. The first-order chi connectivity index (χ1) is 13.2. The van der Waals surface area contributed by atoms with Gasteiger partial charge in [-0.15, -0.1) is 0 Å². The van der Waals surface area contributed by atoms with Gasteiger partial charge in [0.2, 0.25) is 0 Å². The van der Waals surface area contributed by atoms with Crippen LogP contribution in [0.3, 0.4) is 0 Å². The molecule has 2 aromatic carbocycles. The lowest BCUT2D eigenvalue weighted by molar-refractivity contribution is 0.0981.